The fourth-order valence-corrected chi connectivity index (χ4v) is 2.54. The van der Waals surface area contributed by atoms with Gasteiger partial charge in [-0.25, -0.2) is 4.98 Å². The van der Waals surface area contributed by atoms with E-state index in [4.69, 9.17) is 11.6 Å². The van der Waals surface area contributed by atoms with Crippen molar-refractivity contribution in [2.45, 2.75) is 13.8 Å². The topological polar surface area (TPSA) is 19.4 Å². The molecule has 2 rings (SSSR count). The molecule has 0 aromatic carbocycles. The Balaban J connectivity index is 1.93. The number of hydrogen-bond donors (Lipinski definition) is 0. The highest BCUT2D eigenvalue weighted by Gasteiger charge is 2.19. The Hall–Kier alpha value is -0.800. The number of anilines is 1. The zero-order valence-corrected chi connectivity index (χ0v) is 11.3. The van der Waals surface area contributed by atoms with Crippen LogP contribution >= 0.6 is 11.6 Å². The molecule has 2 heterocycles. The molecule has 1 aromatic heterocycles. The number of nitrogens with zero attached hydrogens (tertiary/aromatic N) is 3. The molecule has 1 fully saturated rings. The van der Waals surface area contributed by atoms with E-state index < -0.39 is 0 Å². The Morgan fingerprint density at radius 1 is 1.29 bits per heavy atom. The van der Waals surface area contributed by atoms with Crippen molar-refractivity contribution < 1.29 is 0 Å². The van der Waals surface area contributed by atoms with Crippen LogP contribution in [-0.4, -0.2) is 42.6 Å². The summed E-state index contributed by atoms with van der Waals surface area (Å²) in [5.74, 6) is 0.739. The van der Waals surface area contributed by atoms with Gasteiger partial charge in [0, 0.05) is 38.9 Å². The van der Waals surface area contributed by atoms with Crippen LogP contribution in [0, 0.1) is 5.92 Å². The predicted octanol–water partition coefficient (Wildman–Crippen LogP) is 2.51. The summed E-state index contributed by atoms with van der Waals surface area (Å²) in [7, 11) is 0. The first-order valence-electron chi connectivity index (χ1n) is 6.24. The third-order valence-corrected chi connectivity index (χ3v) is 3.37. The van der Waals surface area contributed by atoms with Crippen molar-refractivity contribution >= 4 is 17.3 Å². The molecule has 0 unspecified atom stereocenters. The Kier molecular flexibility index (Phi) is 4.24. The number of piperazine rings is 1. The first kappa shape index (κ1) is 12.7. The van der Waals surface area contributed by atoms with Gasteiger partial charge in [0.2, 0.25) is 0 Å². The largest absolute Gasteiger partial charge is 0.366 e. The van der Waals surface area contributed by atoms with E-state index in [0.717, 1.165) is 37.8 Å². The van der Waals surface area contributed by atoms with Gasteiger partial charge in [-0.15, -0.1) is 0 Å². The summed E-state index contributed by atoms with van der Waals surface area (Å²) in [6.45, 7) is 10.0. The van der Waals surface area contributed by atoms with Crippen LogP contribution in [0.15, 0.2) is 18.3 Å². The van der Waals surface area contributed by atoms with Gasteiger partial charge in [0.1, 0.15) is 0 Å². The second kappa shape index (κ2) is 5.69. The fourth-order valence-electron chi connectivity index (χ4n) is 2.30. The molecule has 0 spiro atoms. The van der Waals surface area contributed by atoms with E-state index >= 15 is 0 Å². The third-order valence-electron chi connectivity index (χ3n) is 3.08. The minimum atomic E-state index is 0.616. The monoisotopic (exact) mass is 253 g/mol. The van der Waals surface area contributed by atoms with Crippen molar-refractivity contribution in [1.29, 1.82) is 0 Å². The number of pyridine rings is 1. The van der Waals surface area contributed by atoms with E-state index in [1.807, 2.05) is 12.1 Å². The van der Waals surface area contributed by atoms with Gasteiger partial charge in [0.05, 0.1) is 5.69 Å². The molecule has 0 atom stereocenters. The standard InChI is InChI=1S/C13H20ClN3/c1-11(2)10-16-6-8-17(9-7-16)12-4-3-5-15-13(12)14/h3-5,11H,6-10H2,1-2H3. The third kappa shape index (κ3) is 3.33. The molecular weight excluding hydrogens is 234 g/mol. The molecule has 3 nitrogen and oxygen atoms in total. The van der Waals surface area contributed by atoms with E-state index in [-0.39, 0.29) is 0 Å². The molecule has 4 heteroatoms. The molecule has 1 aliphatic rings. The van der Waals surface area contributed by atoms with Crippen molar-refractivity contribution in [3.8, 4) is 0 Å². The minimum Gasteiger partial charge on any atom is -0.366 e. The van der Waals surface area contributed by atoms with Crippen LogP contribution < -0.4 is 4.90 Å². The van der Waals surface area contributed by atoms with Crippen LogP contribution in [0.5, 0.6) is 0 Å². The molecule has 0 radical (unpaired) electrons. The fraction of sp³-hybridized carbons (Fsp3) is 0.615. The molecule has 1 aromatic rings. The average Bonchev–Trinajstić information content (AvgIpc) is 2.30. The van der Waals surface area contributed by atoms with Crippen LogP contribution in [0.3, 0.4) is 0 Å². The van der Waals surface area contributed by atoms with Gasteiger partial charge < -0.3 is 4.90 Å². The highest BCUT2D eigenvalue weighted by atomic mass is 35.5. The van der Waals surface area contributed by atoms with Gasteiger partial charge in [-0.05, 0) is 18.1 Å². The van der Waals surface area contributed by atoms with Crippen LogP contribution in [0.1, 0.15) is 13.8 Å². The summed E-state index contributed by atoms with van der Waals surface area (Å²) < 4.78 is 0. The summed E-state index contributed by atoms with van der Waals surface area (Å²) in [5, 5.41) is 0.616. The molecule has 0 N–H and O–H groups in total. The maximum absolute atomic E-state index is 6.11. The van der Waals surface area contributed by atoms with Gasteiger partial charge in [-0.2, -0.15) is 0 Å². The molecule has 94 valence electrons. The Morgan fingerprint density at radius 2 is 2.00 bits per heavy atom. The summed E-state index contributed by atoms with van der Waals surface area (Å²) in [4.78, 5) is 8.98. The van der Waals surface area contributed by atoms with Gasteiger partial charge in [-0.1, -0.05) is 25.4 Å². The lowest BCUT2D eigenvalue weighted by molar-refractivity contribution is 0.231. The van der Waals surface area contributed by atoms with Crippen LogP contribution in [0.25, 0.3) is 0 Å². The van der Waals surface area contributed by atoms with E-state index in [1.165, 1.54) is 6.54 Å². The van der Waals surface area contributed by atoms with E-state index in [9.17, 15) is 0 Å². The van der Waals surface area contributed by atoms with Crippen molar-refractivity contribution in [2.24, 2.45) is 5.92 Å². The minimum absolute atomic E-state index is 0.616. The second-order valence-corrected chi connectivity index (χ2v) is 5.35. The predicted molar refractivity (Wildman–Crippen MR) is 72.7 cm³/mol. The second-order valence-electron chi connectivity index (χ2n) is 4.99. The molecule has 1 saturated heterocycles. The van der Waals surface area contributed by atoms with Gasteiger partial charge in [0.25, 0.3) is 0 Å². The van der Waals surface area contributed by atoms with Crippen molar-refractivity contribution in [1.82, 2.24) is 9.88 Å². The number of halogens is 1. The Labute approximate surface area is 108 Å². The molecule has 0 aliphatic carbocycles. The molecule has 1 aliphatic heterocycles. The summed E-state index contributed by atoms with van der Waals surface area (Å²) in [6.07, 6.45) is 1.74. The highest BCUT2D eigenvalue weighted by molar-refractivity contribution is 6.32. The number of aromatic nitrogens is 1. The van der Waals surface area contributed by atoms with Crippen molar-refractivity contribution in [2.75, 3.05) is 37.6 Å². The lowest BCUT2D eigenvalue weighted by Gasteiger charge is -2.36. The Bertz CT molecular complexity index is 359. The lowest BCUT2D eigenvalue weighted by atomic mass is 10.2. The zero-order valence-electron chi connectivity index (χ0n) is 10.6. The van der Waals surface area contributed by atoms with E-state index in [0.29, 0.717) is 5.15 Å². The lowest BCUT2D eigenvalue weighted by Crippen LogP contribution is -2.47. The van der Waals surface area contributed by atoms with E-state index in [1.54, 1.807) is 6.20 Å². The van der Waals surface area contributed by atoms with Crippen molar-refractivity contribution in [3.05, 3.63) is 23.5 Å². The zero-order chi connectivity index (χ0) is 12.3. The van der Waals surface area contributed by atoms with Crippen LogP contribution in [-0.2, 0) is 0 Å². The molecule has 0 saturated carbocycles. The molecule has 0 bridgehead atoms. The average molecular weight is 254 g/mol. The summed E-state index contributed by atoms with van der Waals surface area (Å²) in [6, 6.07) is 4.00. The number of rotatable bonds is 3. The first-order chi connectivity index (χ1) is 8.16. The van der Waals surface area contributed by atoms with Gasteiger partial charge in [-0.3, -0.25) is 4.90 Å². The summed E-state index contributed by atoms with van der Waals surface area (Å²) >= 11 is 6.11. The quantitative estimate of drug-likeness (QED) is 0.772. The van der Waals surface area contributed by atoms with Gasteiger partial charge in [0.15, 0.2) is 5.15 Å². The normalized spacial score (nSPS) is 17.8. The smallest absolute Gasteiger partial charge is 0.152 e. The molecule has 0 amide bonds. The van der Waals surface area contributed by atoms with Gasteiger partial charge >= 0.3 is 0 Å². The SMILES string of the molecule is CC(C)CN1CCN(c2cccnc2Cl)CC1. The van der Waals surface area contributed by atoms with E-state index in [2.05, 4.69) is 28.6 Å². The first-order valence-corrected chi connectivity index (χ1v) is 6.62. The molecular formula is C13H20ClN3. The van der Waals surface area contributed by atoms with Crippen molar-refractivity contribution in [3.63, 3.8) is 0 Å². The van der Waals surface area contributed by atoms with Crippen LogP contribution in [0.4, 0.5) is 5.69 Å². The number of hydrogen-bond acceptors (Lipinski definition) is 3. The van der Waals surface area contributed by atoms with Crippen LogP contribution in [0.2, 0.25) is 5.15 Å². The maximum atomic E-state index is 6.11. The molecule has 17 heavy (non-hydrogen) atoms. The highest BCUT2D eigenvalue weighted by Crippen LogP contribution is 2.23. The maximum Gasteiger partial charge on any atom is 0.152 e. The summed E-state index contributed by atoms with van der Waals surface area (Å²) in [5.41, 5.74) is 1.07. The Morgan fingerprint density at radius 3 is 2.59 bits per heavy atom.